The number of nitrogens with two attached hydrogens (primary N) is 1. The van der Waals surface area contributed by atoms with Gasteiger partial charge in [0.25, 0.3) is 0 Å². The van der Waals surface area contributed by atoms with Gasteiger partial charge in [-0.3, -0.25) is 4.79 Å². The van der Waals surface area contributed by atoms with E-state index in [0.717, 1.165) is 23.7 Å². The van der Waals surface area contributed by atoms with Crippen molar-refractivity contribution in [2.75, 3.05) is 5.73 Å². The van der Waals surface area contributed by atoms with E-state index in [1.54, 1.807) is 6.07 Å². The van der Waals surface area contributed by atoms with Crippen molar-refractivity contribution in [2.24, 2.45) is 0 Å². The minimum absolute atomic E-state index is 0.135. The average Bonchev–Trinajstić information content (AvgIpc) is 2.50. The number of halogens is 1. The molecule has 2 aromatic carbocycles. The standard InChI is InChI=1S/C18H18BrNO/c19-14-8-9-17(20)16(11-14)18(21)10-13-6-3-5-12-4-1-2-7-15(12)13/h1-2,4,7-9,11,13H,3,5-6,10,20H2. The van der Waals surface area contributed by atoms with Crippen molar-refractivity contribution in [1.29, 1.82) is 0 Å². The molecule has 0 aromatic heterocycles. The summed E-state index contributed by atoms with van der Waals surface area (Å²) >= 11 is 3.41. The SMILES string of the molecule is Nc1ccc(Br)cc1C(=O)CC1CCCc2ccccc21. The number of aryl methyl sites for hydroxylation is 1. The van der Waals surface area contributed by atoms with Crippen molar-refractivity contribution in [2.45, 2.75) is 31.6 Å². The molecule has 1 aliphatic carbocycles. The Hall–Kier alpha value is -1.61. The summed E-state index contributed by atoms with van der Waals surface area (Å²) < 4.78 is 0.893. The largest absolute Gasteiger partial charge is 0.398 e. The molecule has 1 aliphatic rings. The first-order valence-electron chi connectivity index (χ1n) is 7.31. The molecule has 2 nitrogen and oxygen atoms in total. The Morgan fingerprint density at radius 3 is 2.90 bits per heavy atom. The summed E-state index contributed by atoms with van der Waals surface area (Å²) in [6.07, 6.45) is 3.90. The number of carbonyl (C=O) groups excluding carboxylic acids is 1. The maximum absolute atomic E-state index is 12.6. The number of rotatable bonds is 3. The van der Waals surface area contributed by atoms with E-state index in [1.165, 1.54) is 11.1 Å². The maximum Gasteiger partial charge on any atom is 0.165 e. The molecule has 2 N–H and O–H groups in total. The lowest BCUT2D eigenvalue weighted by Crippen LogP contribution is -2.14. The van der Waals surface area contributed by atoms with E-state index in [0.29, 0.717) is 23.6 Å². The Kier molecular flexibility index (Phi) is 4.11. The van der Waals surface area contributed by atoms with Crippen molar-refractivity contribution in [1.82, 2.24) is 0 Å². The van der Waals surface area contributed by atoms with Gasteiger partial charge in [0.05, 0.1) is 0 Å². The molecule has 21 heavy (non-hydrogen) atoms. The molecule has 1 atom stereocenters. The minimum atomic E-state index is 0.135. The van der Waals surface area contributed by atoms with Crippen LogP contribution in [0.2, 0.25) is 0 Å². The highest BCUT2D eigenvalue weighted by molar-refractivity contribution is 9.10. The Bertz CT molecular complexity index is 681. The van der Waals surface area contributed by atoms with Crippen LogP contribution in [0.25, 0.3) is 0 Å². The highest BCUT2D eigenvalue weighted by atomic mass is 79.9. The fraction of sp³-hybridized carbons (Fsp3) is 0.278. The van der Waals surface area contributed by atoms with Crippen LogP contribution in [0.5, 0.6) is 0 Å². The predicted molar refractivity (Wildman–Crippen MR) is 89.6 cm³/mol. The Labute approximate surface area is 133 Å². The molecule has 0 spiro atoms. The molecule has 0 amide bonds. The van der Waals surface area contributed by atoms with E-state index in [1.807, 2.05) is 12.1 Å². The molecule has 0 fully saturated rings. The van der Waals surface area contributed by atoms with E-state index in [2.05, 4.69) is 40.2 Å². The number of benzene rings is 2. The number of hydrogen-bond donors (Lipinski definition) is 1. The van der Waals surface area contributed by atoms with E-state index < -0.39 is 0 Å². The fourth-order valence-corrected chi connectivity index (χ4v) is 3.53. The van der Waals surface area contributed by atoms with E-state index in [9.17, 15) is 4.79 Å². The first-order valence-corrected chi connectivity index (χ1v) is 8.10. The van der Waals surface area contributed by atoms with Crippen molar-refractivity contribution < 1.29 is 4.79 Å². The van der Waals surface area contributed by atoms with Gasteiger partial charge < -0.3 is 5.73 Å². The lowest BCUT2D eigenvalue weighted by Gasteiger charge is -2.25. The summed E-state index contributed by atoms with van der Waals surface area (Å²) in [6, 6.07) is 14.0. The predicted octanol–water partition coefficient (Wildman–Crippen LogP) is 4.72. The van der Waals surface area contributed by atoms with Gasteiger partial charge >= 0.3 is 0 Å². The van der Waals surface area contributed by atoms with Gasteiger partial charge in [-0.2, -0.15) is 0 Å². The first kappa shape index (κ1) is 14.3. The van der Waals surface area contributed by atoms with Crippen molar-refractivity contribution in [3.8, 4) is 0 Å². The van der Waals surface area contributed by atoms with E-state index in [4.69, 9.17) is 5.73 Å². The van der Waals surface area contributed by atoms with Crippen molar-refractivity contribution in [3.63, 3.8) is 0 Å². The van der Waals surface area contributed by atoms with Gasteiger partial charge in [0.15, 0.2) is 5.78 Å². The highest BCUT2D eigenvalue weighted by Gasteiger charge is 2.23. The summed E-state index contributed by atoms with van der Waals surface area (Å²) in [5.74, 6) is 0.455. The summed E-state index contributed by atoms with van der Waals surface area (Å²) in [7, 11) is 0. The van der Waals surface area contributed by atoms with E-state index in [-0.39, 0.29) is 5.78 Å². The second-order valence-electron chi connectivity index (χ2n) is 5.65. The van der Waals surface area contributed by atoms with Gasteiger partial charge in [0, 0.05) is 22.1 Å². The van der Waals surface area contributed by atoms with Gasteiger partial charge in [0.2, 0.25) is 0 Å². The monoisotopic (exact) mass is 343 g/mol. The number of ketones is 1. The van der Waals surface area contributed by atoms with Crippen LogP contribution in [-0.4, -0.2) is 5.78 Å². The number of fused-ring (bicyclic) bond motifs is 1. The minimum Gasteiger partial charge on any atom is -0.398 e. The number of Topliss-reactive ketones (excluding diaryl/α,β-unsaturated/α-hetero) is 1. The third-order valence-electron chi connectivity index (χ3n) is 4.24. The summed E-state index contributed by atoms with van der Waals surface area (Å²) in [6.45, 7) is 0. The normalized spacial score (nSPS) is 17.3. The maximum atomic E-state index is 12.6. The zero-order valence-electron chi connectivity index (χ0n) is 11.8. The summed E-state index contributed by atoms with van der Waals surface area (Å²) in [4.78, 5) is 12.6. The fourth-order valence-electron chi connectivity index (χ4n) is 3.17. The molecular formula is C18H18BrNO. The second-order valence-corrected chi connectivity index (χ2v) is 6.56. The molecule has 1 unspecified atom stereocenters. The van der Waals surface area contributed by atoms with Crippen molar-refractivity contribution in [3.05, 3.63) is 63.6 Å². The second kappa shape index (κ2) is 6.02. The third kappa shape index (κ3) is 3.03. The molecule has 0 saturated carbocycles. The van der Waals surface area contributed by atoms with Crippen LogP contribution in [0.1, 0.15) is 46.7 Å². The van der Waals surface area contributed by atoms with Gasteiger partial charge in [0.1, 0.15) is 0 Å². The number of nitrogen functional groups attached to an aromatic ring is 1. The van der Waals surface area contributed by atoms with Gasteiger partial charge in [-0.15, -0.1) is 0 Å². The average molecular weight is 344 g/mol. The Balaban J connectivity index is 1.84. The van der Waals surface area contributed by atoms with Crippen LogP contribution in [0, 0.1) is 0 Å². The summed E-state index contributed by atoms with van der Waals surface area (Å²) in [5, 5.41) is 0. The van der Waals surface area contributed by atoms with Gasteiger partial charge in [-0.25, -0.2) is 0 Å². The molecule has 0 saturated heterocycles. The third-order valence-corrected chi connectivity index (χ3v) is 4.73. The molecule has 0 radical (unpaired) electrons. The molecule has 0 bridgehead atoms. The zero-order valence-corrected chi connectivity index (χ0v) is 13.4. The van der Waals surface area contributed by atoms with E-state index >= 15 is 0 Å². The number of carbonyl (C=O) groups is 1. The lowest BCUT2D eigenvalue weighted by molar-refractivity contribution is 0.0972. The summed E-state index contributed by atoms with van der Waals surface area (Å²) in [5.41, 5.74) is 9.87. The van der Waals surface area contributed by atoms with Crippen LogP contribution in [0.15, 0.2) is 46.9 Å². The van der Waals surface area contributed by atoms with Crippen LogP contribution in [0.3, 0.4) is 0 Å². The van der Waals surface area contributed by atoms with Gasteiger partial charge in [-0.05, 0) is 54.5 Å². The Morgan fingerprint density at radius 2 is 2.05 bits per heavy atom. The van der Waals surface area contributed by atoms with Crippen LogP contribution in [-0.2, 0) is 6.42 Å². The molecule has 0 aliphatic heterocycles. The molecular weight excluding hydrogens is 326 g/mol. The zero-order chi connectivity index (χ0) is 14.8. The van der Waals surface area contributed by atoms with Crippen LogP contribution < -0.4 is 5.73 Å². The number of anilines is 1. The van der Waals surface area contributed by atoms with Crippen molar-refractivity contribution >= 4 is 27.4 Å². The topological polar surface area (TPSA) is 43.1 Å². The molecule has 2 aromatic rings. The quantitative estimate of drug-likeness (QED) is 0.646. The van der Waals surface area contributed by atoms with Crippen LogP contribution in [0.4, 0.5) is 5.69 Å². The molecule has 0 heterocycles. The van der Waals surface area contributed by atoms with Gasteiger partial charge in [-0.1, -0.05) is 40.2 Å². The van der Waals surface area contributed by atoms with Crippen LogP contribution >= 0.6 is 15.9 Å². The molecule has 3 heteroatoms. The molecule has 3 rings (SSSR count). The number of hydrogen-bond acceptors (Lipinski definition) is 2. The lowest BCUT2D eigenvalue weighted by atomic mass is 9.79. The molecule has 108 valence electrons. The smallest absolute Gasteiger partial charge is 0.165 e. The Morgan fingerprint density at radius 1 is 1.24 bits per heavy atom. The highest BCUT2D eigenvalue weighted by Crippen LogP contribution is 2.35. The first-order chi connectivity index (χ1) is 10.1.